The van der Waals surface area contributed by atoms with Crippen LogP contribution in [0.25, 0.3) is 10.2 Å². The Morgan fingerprint density at radius 1 is 0.971 bits per heavy atom. The summed E-state index contributed by atoms with van der Waals surface area (Å²) in [7, 11) is 0. The number of rotatable bonds is 5. The average Bonchev–Trinajstić information content (AvgIpc) is 3.35. The number of fused-ring (bicyclic) bond motifs is 2. The molecule has 0 radical (unpaired) electrons. The van der Waals surface area contributed by atoms with Gasteiger partial charge in [0.1, 0.15) is 5.82 Å². The Hall–Kier alpha value is -3.91. The Labute approximate surface area is 199 Å². The summed E-state index contributed by atoms with van der Waals surface area (Å²) in [4.78, 5) is 45.0. The minimum atomic E-state index is -0.468. The van der Waals surface area contributed by atoms with Gasteiger partial charge in [0.15, 0.2) is 5.13 Å². The van der Waals surface area contributed by atoms with Crippen molar-refractivity contribution in [2.45, 2.75) is 26.7 Å². The largest absolute Gasteiger partial charge is 0.298 e. The molecule has 3 aromatic carbocycles. The van der Waals surface area contributed by atoms with Crippen molar-refractivity contribution in [2.75, 3.05) is 10.2 Å². The van der Waals surface area contributed by atoms with Crippen molar-refractivity contribution < 1.29 is 18.8 Å². The molecule has 0 saturated heterocycles. The first-order valence-corrected chi connectivity index (χ1v) is 11.7. The van der Waals surface area contributed by atoms with Crippen molar-refractivity contribution in [3.05, 3.63) is 88.2 Å². The molecule has 4 aromatic rings. The van der Waals surface area contributed by atoms with Gasteiger partial charge in [-0.05, 0) is 60.4 Å². The van der Waals surface area contributed by atoms with Gasteiger partial charge in [0.25, 0.3) is 17.7 Å². The maximum Gasteiger partial charge on any atom is 0.266 e. The lowest BCUT2D eigenvalue weighted by Gasteiger charge is -2.21. The zero-order chi connectivity index (χ0) is 24.0. The lowest BCUT2D eigenvalue weighted by Crippen LogP contribution is -2.31. The van der Waals surface area contributed by atoms with Crippen LogP contribution in [-0.2, 0) is 12.8 Å². The van der Waals surface area contributed by atoms with E-state index in [9.17, 15) is 18.8 Å². The number of nitrogens with one attached hydrogen (secondary N) is 1. The molecule has 1 aromatic heterocycles. The molecule has 3 amide bonds. The van der Waals surface area contributed by atoms with Crippen molar-refractivity contribution in [2.24, 2.45) is 0 Å². The van der Waals surface area contributed by atoms with Crippen LogP contribution in [0.4, 0.5) is 15.2 Å². The third-order valence-electron chi connectivity index (χ3n) is 5.91. The van der Waals surface area contributed by atoms with Crippen LogP contribution in [0.3, 0.4) is 0 Å². The van der Waals surface area contributed by atoms with E-state index in [4.69, 9.17) is 0 Å². The van der Waals surface area contributed by atoms with Crippen LogP contribution in [0, 0.1) is 5.82 Å². The van der Waals surface area contributed by atoms with Gasteiger partial charge in [0.2, 0.25) is 0 Å². The molecule has 170 valence electrons. The predicted octanol–water partition coefficient (Wildman–Crippen LogP) is 5.61. The standard InChI is InChI=1S/C26H20FN3O3S/c1-3-14-6-5-7-15(4-2)22(14)30-24(32)18-10-8-16(12-19(18)25(30)33)23(31)29-26-28-20-11-9-17(27)13-21(20)34-26/h5-13H,3-4H2,1-2H3,(H,28,29,31). The van der Waals surface area contributed by atoms with E-state index in [1.807, 2.05) is 32.0 Å². The number of imide groups is 1. The van der Waals surface area contributed by atoms with Crippen molar-refractivity contribution in [3.63, 3.8) is 0 Å². The molecule has 34 heavy (non-hydrogen) atoms. The second-order valence-electron chi connectivity index (χ2n) is 7.92. The number of benzene rings is 3. The van der Waals surface area contributed by atoms with Crippen molar-refractivity contribution in [1.82, 2.24) is 4.98 Å². The lowest BCUT2D eigenvalue weighted by atomic mass is 10.0. The highest BCUT2D eigenvalue weighted by atomic mass is 32.1. The summed E-state index contributed by atoms with van der Waals surface area (Å²) in [5.74, 6) is -1.68. The summed E-state index contributed by atoms with van der Waals surface area (Å²) in [5.41, 5.74) is 3.73. The van der Waals surface area contributed by atoms with Crippen LogP contribution in [-0.4, -0.2) is 22.7 Å². The number of amides is 3. The fraction of sp³-hybridized carbons (Fsp3) is 0.154. The van der Waals surface area contributed by atoms with Crippen LogP contribution < -0.4 is 10.2 Å². The molecule has 0 saturated carbocycles. The Morgan fingerprint density at radius 3 is 2.38 bits per heavy atom. The fourth-order valence-electron chi connectivity index (χ4n) is 4.21. The van der Waals surface area contributed by atoms with Crippen LogP contribution in [0.15, 0.2) is 54.6 Å². The Kier molecular flexibility index (Phi) is 5.45. The van der Waals surface area contributed by atoms with Gasteiger partial charge in [0, 0.05) is 5.56 Å². The molecule has 2 heterocycles. The van der Waals surface area contributed by atoms with Gasteiger partial charge in [-0.2, -0.15) is 0 Å². The minimum absolute atomic E-state index is 0.192. The number of aromatic nitrogens is 1. The molecule has 1 N–H and O–H groups in total. The highest BCUT2D eigenvalue weighted by Crippen LogP contribution is 2.35. The second kappa shape index (κ2) is 8.46. The van der Waals surface area contributed by atoms with E-state index in [1.54, 1.807) is 6.07 Å². The third kappa shape index (κ3) is 3.56. The maximum absolute atomic E-state index is 13.4. The van der Waals surface area contributed by atoms with Gasteiger partial charge < -0.3 is 0 Å². The number of carbonyl (C=O) groups excluding carboxylic acids is 3. The lowest BCUT2D eigenvalue weighted by molar-refractivity contribution is 0.0925. The van der Waals surface area contributed by atoms with Crippen molar-refractivity contribution in [3.8, 4) is 0 Å². The predicted molar refractivity (Wildman–Crippen MR) is 130 cm³/mol. The number of carbonyl (C=O) groups is 3. The van der Waals surface area contributed by atoms with Crippen LogP contribution >= 0.6 is 11.3 Å². The van der Waals surface area contributed by atoms with E-state index < -0.39 is 17.7 Å². The summed E-state index contributed by atoms with van der Waals surface area (Å²) >= 11 is 1.15. The van der Waals surface area contributed by atoms with Gasteiger partial charge in [-0.1, -0.05) is 43.4 Å². The van der Waals surface area contributed by atoms with E-state index in [-0.39, 0.29) is 22.5 Å². The van der Waals surface area contributed by atoms with Gasteiger partial charge in [0.05, 0.1) is 27.0 Å². The fourth-order valence-corrected chi connectivity index (χ4v) is 5.09. The number of para-hydroxylation sites is 1. The van der Waals surface area contributed by atoms with Gasteiger partial charge in [-0.25, -0.2) is 14.3 Å². The minimum Gasteiger partial charge on any atom is -0.298 e. The molecule has 0 aliphatic carbocycles. The number of aryl methyl sites for hydroxylation is 2. The number of nitrogens with zero attached hydrogens (tertiary/aromatic N) is 2. The van der Waals surface area contributed by atoms with Crippen molar-refractivity contribution in [1.29, 1.82) is 0 Å². The molecule has 0 atom stereocenters. The van der Waals surface area contributed by atoms with Crippen LogP contribution in [0.2, 0.25) is 0 Å². The molecule has 0 unspecified atom stereocenters. The number of halogens is 1. The van der Waals surface area contributed by atoms with E-state index in [0.717, 1.165) is 22.5 Å². The molecule has 0 fully saturated rings. The molecule has 1 aliphatic heterocycles. The molecule has 0 spiro atoms. The molecule has 1 aliphatic rings. The second-order valence-corrected chi connectivity index (χ2v) is 8.95. The highest BCUT2D eigenvalue weighted by molar-refractivity contribution is 7.22. The summed E-state index contributed by atoms with van der Waals surface area (Å²) in [6, 6.07) is 14.4. The SMILES string of the molecule is CCc1cccc(CC)c1N1C(=O)c2ccc(C(=O)Nc3nc4ccc(F)cc4s3)cc2C1=O. The summed E-state index contributed by atoms with van der Waals surface area (Å²) in [6.45, 7) is 3.96. The number of hydrogen-bond acceptors (Lipinski definition) is 5. The quantitative estimate of drug-likeness (QED) is 0.382. The molecule has 6 nitrogen and oxygen atoms in total. The van der Waals surface area contributed by atoms with Gasteiger partial charge in [-0.3, -0.25) is 19.7 Å². The highest BCUT2D eigenvalue weighted by Gasteiger charge is 2.38. The molecule has 0 bridgehead atoms. The number of thiazole rings is 1. The monoisotopic (exact) mass is 473 g/mol. The average molecular weight is 474 g/mol. The first kappa shape index (κ1) is 21.9. The molecule has 8 heteroatoms. The molecule has 5 rings (SSSR count). The van der Waals surface area contributed by atoms with Crippen molar-refractivity contribution >= 4 is 50.1 Å². The Balaban J connectivity index is 1.46. The third-order valence-corrected chi connectivity index (χ3v) is 6.84. The normalized spacial score (nSPS) is 13.0. The Bertz CT molecular complexity index is 1470. The van der Waals surface area contributed by atoms with E-state index >= 15 is 0 Å². The first-order chi connectivity index (χ1) is 16.4. The number of hydrogen-bond donors (Lipinski definition) is 1. The molecular formula is C26H20FN3O3S. The van der Waals surface area contributed by atoms with Gasteiger partial charge >= 0.3 is 0 Å². The zero-order valence-corrected chi connectivity index (χ0v) is 19.3. The van der Waals surface area contributed by atoms with Crippen LogP contribution in [0.5, 0.6) is 0 Å². The molecular weight excluding hydrogens is 453 g/mol. The van der Waals surface area contributed by atoms with E-state index in [1.165, 1.54) is 35.2 Å². The van der Waals surface area contributed by atoms with Crippen LogP contribution in [0.1, 0.15) is 56.0 Å². The first-order valence-electron chi connectivity index (χ1n) is 10.9. The van der Waals surface area contributed by atoms with E-state index in [0.29, 0.717) is 33.9 Å². The van der Waals surface area contributed by atoms with E-state index in [2.05, 4.69) is 10.3 Å². The topological polar surface area (TPSA) is 79.4 Å². The number of anilines is 2. The maximum atomic E-state index is 13.4. The zero-order valence-electron chi connectivity index (χ0n) is 18.5. The summed E-state index contributed by atoms with van der Waals surface area (Å²) < 4.78 is 14.1. The van der Waals surface area contributed by atoms with Gasteiger partial charge in [-0.15, -0.1) is 0 Å². The Morgan fingerprint density at radius 2 is 1.68 bits per heavy atom. The summed E-state index contributed by atoms with van der Waals surface area (Å²) in [5, 5.41) is 3.02. The summed E-state index contributed by atoms with van der Waals surface area (Å²) in [6.07, 6.45) is 1.35. The smallest absolute Gasteiger partial charge is 0.266 e.